The van der Waals surface area contributed by atoms with Crippen molar-refractivity contribution in [3.63, 3.8) is 0 Å². The molecule has 0 spiro atoms. The Morgan fingerprint density at radius 1 is 1.53 bits per heavy atom. The van der Waals surface area contributed by atoms with E-state index in [9.17, 15) is 14.5 Å². The quantitative estimate of drug-likeness (QED) is 0.364. The second-order valence-corrected chi connectivity index (χ2v) is 4.96. The van der Waals surface area contributed by atoms with Crippen LogP contribution in [0.25, 0.3) is 0 Å². The second-order valence-electron chi connectivity index (χ2n) is 3.31. The van der Waals surface area contributed by atoms with Crippen molar-refractivity contribution in [1.82, 2.24) is 4.98 Å². The topological polar surface area (TPSA) is 144 Å². The van der Waals surface area contributed by atoms with Crippen molar-refractivity contribution in [2.75, 3.05) is 0 Å². The molecule has 1 aromatic heterocycles. The molecule has 1 rings (SSSR count). The molecule has 0 radical (unpaired) electrons. The Morgan fingerprint density at radius 3 is 2.53 bits per heavy atom. The molecule has 17 heavy (non-hydrogen) atoms. The largest absolute Gasteiger partial charge is 0.505 e. The van der Waals surface area contributed by atoms with Gasteiger partial charge < -0.3 is 14.9 Å². The number of carbonyl (C=O) groups is 1. The SMILES string of the molecule is Cc1nc(N=N)c(CP(=O)(O)O)c(C=O)c1O. The van der Waals surface area contributed by atoms with Crippen LogP contribution < -0.4 is 0 Å². The first-order valence-corrected chi connectivity index (χ1v) is 6.19. The van der Waals surface area contributed by atoms with Gasteiger partial charge in [-0.3, -0.25) is 9.36 Å². The summed E-state index contributed by atoms with van der Waals surface area (Å²) in [5, 5.41) is 12.5. The maximum Gasteiger partial charge on any atom is 0.330 e. The number of carbonyl (C=O) groups excluding carboxylic acids is 1. The molecular formula is C8H10N3O5P. The lowest BCUT2D eigenvalue weighted by Gasteiger charge is -2.11. The predicted octanol–water partition coefficient (Wildman–Crippen LogP) is 1.25. The zero-order valence-corrected chi connectivity index (χ0v) is 9.68. The summed E-state index contributed by atoms with van der Waals surface area (Å²) in [6, 6.07) is 0. The fraction of sp³-hybridized carbons (Fsp3) is 0.250. The van der Waals surface area contributed by atoms with Crippen molar-refractivity contribution >= 4 is 19.7 Å². The van der Waals surface area contributed by atoms with E-state index >= 15 is 0 Å². The highest BCUT2D eigenvalue weighted by atomic mass is 31.2. The number of rotatable bonds is 4. The summed E-state index contributed by atoms with van der Waals surface area (Å²) >= 11 is 0. The van der Waals surface area contributed by atoms with Crippen molar-refractivity contribution in [1.29, 1.82) is 5.53 Å². The van der Waals surface area contributed by atoms with Crippen LogP contribution in [-0.2, 0) is 10.7 Å². The minimum atomic E-state index is -4.46. The molecule has 8 nitrogen and oxygen atoms in total. The zero-order chi connectivity index (χ0) is 13.2. The van der Waals surface area contributed by atoms with Gasteiger partial charge in [-0.15, -0.1) is 5.11 Å². The van der Waals surface area contributed by atoms with Gasteiger partial charge in [-0.25, -0.2) is 10.5 Å². The van der Waals surface area contributed by atoms with E-state index in [0.29, 0.717) is 0 Å². The minimum Gasteiger partial charge on any atom is -0.505 e. The van der Waals surface area contributed by atoms with Crippen molar-refractivity contribution in [3.8, 4) is 5.75 Å². The molecule has 0 aliphatic carbocycles. The number of nitrogens with one attached hydrogen (secondary N) is 1. The normalized spacial score (nSPS) is 11.2. The van der Waals surface area contributed by atoms with Gasteiger partial charge in [0.05, 0.1) is 17.4 Å². The molecule has 1 aromatic rings. The van der Waals surface area contributed by atoms with E-state index in [1.54, 1.807) is 0 Å². The molecule has 0 atom stereocenters. The maximum atomic E-state index is 10.9. The van der Waals surface area contributed by atoms with Gasteiger partial charge in [-0.05, 0) is 6.92 Å². The van der Waals surface area contributed by atoms with Gasteiger partial charge in [0, 0.05) is 5.56 Å². The van der Waals surface area contributed by atoms with Crippen molar-refractivity contribution in [3.05, 3.63) is 16.8 Å². The molecule has 0 aliphatic rings. The van der Waals surface area contributed by atoms with Gasteiger partial charge in [0.25, 0.3) is 0 Å². The predicted molar refractivity (Wildman–Crippen MR) is 56.6 cm³/mol. The van der Waals surface area contributed by atoms with E-state index in [-0.39, 0.29) is 28.9 Å². The third-order valence-electron chi connectivity index (χ3n) is 2.05. The molecule has 0 aliphatic heterocycles. The molecule has 0 unspecified atom stereocenters. The highest BCUT2D eigenvalue weighted by molar-refractivity contribution is 7.50. The van der Waals surface area contributed by atoms with Crippen LogP contribution in [0.4, 0.5) is 5.82 Å². The Morgan fingerprint density at radius 2 is 2.12 bits per heavy atom. The second kappa shape index (κ2) is 4.70. The number of aldehydes is 1. The molecule has 1 heterocycles. The summed E-state index contributed by atoms with van der Waals surface area (Å²) in [5.41, 5.74) is 6.38. The van der Waals surface area contributed by atoms with Crippen LogP contribution in [0, 0.1) is 12.5 Å². The Balaban J connectivity index is 3.54. The molecule has 0 aromatic carbocycles. The Kier molecular flexibility index (Phi) is 3.72. The van der Waals surface area contributed by atoms with Gasteiger partial charge in [-0.2, -0.15) is 0 Å². The molecule has 4 N–H and O–H groups in total. The average Bonchev–Trinajstić information content (AvgIpc) is 2.21. The van der Waals surface area contributed by atoms with Crippen molar-refractivity contribution in [2.45, 2.75) is 13.1 Å². The fourth-order valence-electron chi connectivity index (χ4n) is 1.32. The monoisotopic (exact) mass is 259 g/mol. The first-order valence-electron chi connectivity index (χ1n) is 4.39. The smallest absolute Gasteiger partial charge is 0.330 e. The van der Waals surface area contributed by atoms with E-state index in [0.717, 1.165) is 0 Å². The highest BCUT2D eigenvalue weighted by Gasteiger charge is 2.24. The molecule has 0 saturated carbocycles. The maximum absolute atomic E-state index is 10.9. The lowest BCUT2D eigenvalue weighted by atomic mass is 10.1. The Bertz CT molecular complexity index is 524. The summed E-state index contributed by atoms with van der Waals surface area (Å²) in [5.74, 6) is -0.749. The third-order valence-corrected chi connectivity index (χ3v) is 2.78. The number of nitrogens with zero attached hydrogens (tertiary/aromatic N) is 2. The fourth-order valence-corrected chi connectivity index (χ4v) is 2.04. The van der Waals surface area contributed by atoms with Gasteiger partial charge in [-0.1, -0.05) is 0 Å². The van der Waals surface area contributed by atoms with Crippen molar-refractivity contribution < 1.29 is 24.3 Å². The van der Waals surface area contributed by atoms with Gasteiger partial charge >= 0.3 is 7.60 Å². The van der Waals surface area contributed by atoms with E-state index in [1.165, 1.54) is 6.92 Å². The Labute approximate surface area is 96.0 Å². The number of aromatic nitrogens is 1. The molecule has 0 saturated heterocycles. The van der Waals surface area contributed by atoms with Crippen LogP contribution >= 0.6 is 7.60 Å². The first-order chi connectivity index (χ1) is 7.80. The van der Waals surface area contributed by atoms with E-state index < -0.39 is 19.5 Å². The van der Waals surface area contributed by atoms with Crippen molar-refractivity contribution in [2.24, 2.45) is 5.11 Å². The summed E-state index contributed by atoms with van der Waals surface area (Å²) in [6.07, 6.45) is -0.552. The van der Waals surface area contributed by atoms with Gasteiger partial charge in [0.15, 0.2) is 12.1 Å². The molecule has 92 valence electrons. The standard InChI is InChI=1S/C8H10N3O5P/c1-4-7(13)5(2-12)6(3-17(14,15)16)8(10-4)11-9/h2,9,13H,3H2,1H3,(H2,14,15,16). The summed E-state index contributed by atoms with van der Waals surface area (Å²) < 4.78 is 10.9. The number of hydrogen-bond donors (Lipinski definition) is 4. The first kappa shape index (κ1) is 13.4. The molecule has 0 bridgehead atoms. The average molecular weight is 259 g/mol. The summed E-state index contributed by atoms with van der Waals surface area (Å²) in [7, 11) is -4.46. The third kappa shape index (κ3) is 2.94. The number of aromatic hydroxyl groups is 1. The van der Waals surface area contributed by atoms with E-state index in [4.69, 9.17) is 15.3 Å². The van der Waals surface area contributed by atoms with Crippen LogP contribution in [0.3, 0.4) is 0 Å². The summed E-state index contributed by atoms with van der Waals surface area (Å²) in [4.78, 5) is 32.2. The number of hydrogen-bond acceptors (Lipinski definition) is 6. The molecule has 0 amide bonds. The van der Waals surface area contributed by atoms with E-state index in [1.807, 2.05) is 0 Å². The number of pyridine rings is 1. The van der Waals surface area contributed by atoms with Crippen LogP contribution in [0.5, 0.6) is 5.75 Å². The molecule has 0 fully saturated rings. The number of aryl methyl sites for hydroxylation is 1. The zero-order valence-electron chi connectivity index (χ0n) is 8.78. The molecule has 9 heteroatoms. The van der Waals surface area contributed by atoms with E-state index in [2.05, 4.69) is 10.1 Å². The van der Waals surface area contributed by atoms with Crippen LogP contribution in [-0.4, -0.2) is 26.2 Å². The summed E-state index contributed by atoms with van der Waals surface area (Å²) in [6.45, 7) is 1.39. The van der Waals surface area contributed by atoms with Gasteiger partial charge in [0.1, 0.15) is 5.75 Å². The van der Waals surface area contributed by atoms with Crippen LogP contribution in [0.2, 0.25) is 0 Å². The molecular weight excluding hydrogens is 249 g/mol. The lowest BCUT2D eigenvalue weighted by Crippen LogP contribution is -2.00. The minimum absolute atomic E-state index is 0.0626. The highest BCUT2D eigenvalue weighted by Crippen LogP contribution is 2.43. The van der Waals surface area contributed by atoms with Crippen LogP contribution in [0.15, 0.2) is 5.11 Å². The van der Waals surface area contributed by atoms with Crippen LogP contribution in [0.1, 0.15) is 21.6 Å². The Hall–Kier alpha value is -1.63. The lowest BCUT2D eigenvalue weighted by molar-refractivity contribution is 0.112. The van der Waals surface area contributed by atoms with Gasteiger partial charge in [0.2, 0.25) is 0 Å².